The summed E-state index contributed by atoms with van der Waals surface area (Å²) >= 11 is 0. The quantitative estimate of drug-likeness (QED) is 0.651. The molecule has 1 heterocycles. The molecular weight excluding hydrogens is 234 g/mol. The first-order chi connectivity index (χ1) is 9.33. The number of hydrogen-bond acceptors (Lipinski definition) is 3. The third kappa shape index (κ3) is 5.41. The van der Waals surface area contributed by atoms with Gasteiger partial charge in [0.1, 0.15) is 0 Å². The molecule has 0 aromatic carbocycles. The lowest BCUT2D eigenvalue weighted by atomic mass is 10.1. The normalized spacial score (nSPS) is 23.7. The molecule has 1 unspecified atom stereocenters. The maximum atomic E-state index is 5.99. The van der Waals surface area contributed by atoms with Gasteiger partial charge in [0, 0.05) is 45.3 Å². The van der Waals surface area contributed by atoms with Gasteiger partial charge in [-0.2, -0.15) is 0 Å². The van der Waals surface area contributed by atoms with E-state index in [0.29, 0.717) is 6.04 Å². The molecule has 0 aromatic heterocycles. The van der Waals surface area contributed by atoms with Crippen molar-refractivity contribution in [1.82, 2.24) is 9.80 Å². The van der Waals surface area contributed by atoms with Crippen LogP contribution in [0.15, 0.2) is 0 Å². The first-order valence-electron chi connectivity index (χ1n) is 8.50. The Morgan fingerprint density at radius 2 is 1.79 bits per heavy atom. The van der Waals surface area contributed by atoms with Gasteiger partial charge in [-0.3, -0.25) is 4.90 Å². The molecule has 0 bridgehead atoms. The molecule has 1 saturated carbocycles. The van der Waals surface area contributed by atoms with E-state index in [1.54, 1.807) is 0 Å². The van der Waals surface area contributed by atoms with E-state index in [1.165, 1.54) is 77.7 Å². The predicted molar refractivity (Wildman–Crippen MR) is 82.3 cm³/mol. The average Bonchev–Trinajstić information content (AvgIpc) is 3.24. The second-order valence-corrected chi connectivity index (χ2v) is 6.52. The van der Waals surface area contributed by atoms with E-state index >= 15 is 0 Å². The lowest BCUT2D eigenvalue weighted by Gasteiger charge is -2.39. The van der Waals surface area contributed by atoms with Crippen molar-refractivity contribution in [2.75, 3.05) is 39.3 Å². The fourth-order valence-corrected chi connectivity index (χ4v) is 3.23. The zero-order valence-electron chi connectivity index (χ0n) is 12.8. The van der Waals surface area contributed by atoms with Crippen molar-refractivity contribution < 1.29 is 0 Å². The molecule has 1 aliphatic heterocycles. The molecule has 1 saturated heterocycles. The summed E-state index contributed by atoms with van der Waals surface area (Å²) < 4.78 is 0. The first kappa shape index (κ1) is 15.3. The van der Waals surface area contributed by atoms with E-state index < -0.39 is 0 Å². The van der Waals surface area contributed by atoms with Crippen molar-refractivity contribution in [2.24, 2.45) is 11.7 Å². The van der Waals surface area contributed by atoms with Gasteiger partial charge < -0.3 is 10.6 Å². The second kappa shape index (κ2) is 8.23. The Labute approximate surface area is 119 Å². The van der Waals surface area contributed by atoms with Crippen LogP contribution in [0.3, 0.4) is 0 Å². The molecule has 3 heteroatoms. The van der Waals surface area contributed by atoms with Gasteiger partial charge in [-0.15, -0.1) is 0 Å². The minimum atomic E-state index is 0.639. The van der Waals surface area contributed by atoms with E-state index in [0.717, 1.165) is 12.5 Å². The Morgan fingerprint density at radius 1 is 1.05 bits per heavy atom. The zero-order valence-corrected chi connectivity index (χ0v) is 12.8. The average molecular weight is 267 g/mol. The van der Waals surface area contributed by atoms with Crippen LogP contribution in [0.25, 0.3) is 0 Å². The van der Waals surface area contributed by atoms with Crippen molar-refractivity contribution >= 4 is 0 Å². The highest BCUT2D eigenvalue weighted by atomic mass is 15.3. The van der Waals surface area contributed by atoms with Crippen molar-refractivity contribution in [2.45, 2.75) is 57.9 Å². The summed E-state index contributed by atoms with van der Waals surface area (Å²) in [5.74, 6) is 1.03. The molecule has 3 nitrogen and oxygen atoms in total. The van der Waals surface area contributed by atoms with Crippen LogP contribution >= 0.6 is 0 Å². The van der Waals surface area contributed by atoms with Gasteiger partial charge in [-0.25, -0.2) is 0 Å². The predicted octanol–water partition coefficient (Wildman–Crippen LogP) is 2.31. The standard InChI is InChI=1S/C16H33N3/c1-2-3-4-5-6-16(13-17)19-11-9-18(10-12-19)14-15-7-8-15/h15-16H,2-14,17H2,1H3. The molecule has 0 amide bonds. The minimum Gasteiger partial charge on any atom is -0.329 e. The van der Waals surface area contributed by atoms with Gasteiger partial charge in [0.25, 0.3) is 0 Å². The number of hydrogen-bond donors (Lipinski definition) is 1. The molecule has 0 radical (unpaired) electrons. The van der Waals surface area contributed by atoms with Crippen LogP contribution in [-0.2, 0) is 0 Å². The van der Waals surface area contributed by atoms with Crippen LogP contribution < -0.4 is 5.73 Å². The summed E-state index contributed by atoms with van der Waals surface area (Å²) in [5, 5.41) is 0. The summed E-state index contributed by atoms with van der Waals surface area (Å²) in [6.07, 6.45) is 9.71. The largest absolute Gasteiger partial charge is 0.329 e. The molecule has 19 heavy (non-hydrogen) atoms. The highest BCUT2D eigenvalue weighted by Crippen LogP contribution is 2.30. The Kier molecular flexibility index (Phi) is 6.62. The minimum absolute atomic E-state index is 0.639. The molecule has 2 fully saturated rings. The van der Waals surface area contributed by atoms with Gasteiger partial charge in [0.05, 0.1) is 0 Å². The van der Waals surface area contributed by atoms with Crippen LogP contribution in [0.1, 0.15) is 51.9 Å². The third-order valence-electron chi connectivity index (χ3n) is 4.80. The number of rotatable bonds is 9. The second-order valence-electron chi connectivity index (χ2n) is 6.52. The summed E-state index contributed by atoms with van der Waals surface area (Å²) in [6.45, 7) is 9.49. The maximum Gasteiger partial charge on any atom is 0.0219 e. The van der Waals surface area contributed by atoms with Crippen LogP contribution in [-0.4, -0.2) is 55.1 Å². The summed E-state index contributed by atoms with van der Waals surface area (Å²) in [6, 6.07) is 0.639. The van der Waals surface area contributed by atoms with Gasteiger partial charge >= 0.3 is 0 Å². The zero-order chi connectivity index (χ0) is 13.5. The number of piperazine rings is 1. The van der Waals surface area contributed by atoms with Crippen LogP contribution in [0, 0.1) is 5.92 Å². The fraction of sp³-hybridized carbons (Fsp3) is 1.00. The lowest BCUT2D eigenvalue weighted by molar-refractivity contribution is 0.0910. The highest BCUT2D eigenvalue weighted by Gasteiger charge is 2.27. The smallest absolute Gasteiger partial charge is 0.0219 e. The van der Waals surface area contributed by atoms with E-state index in [1.807, 2.05) is 0 Å². The Bertz CT molecular complexity index is 232. The SMILES string of the molecule is CCCCCCC(CN)N1CCN(CC2CC2)CC1. The molecule has 2 aliphatic rings. The molecule has 1 aliphatic carbocycles. The Balaban J connectivity index is 1.62. The van der Waals surface area contributed by atoms with Crippen LogP contribution in [0.5, 0.6) is 0 Å². The molecule has 2 N–H and O–H groups in total. The molecule has 112 valence electrons. The van der Waals surface area contributed by atoms with Gasteiger partial charge in [-0.1, -0.05) is 32.6 Å². The van der Waals surface area contributed by atoms with Crippen LogP contribution in [0.2, 0.25) is 0 Å². The fourth-order valence-electron chi connectivity index (χ4n) is 3.23. The topological polar surface area (TPSA) is 32.5 Å². The molecule has 2 rings (SSSR count). The lowest BCUT2D eigenvalue weighted by Crippen LogP contribution is -2.52. The van der Waals surface area contributed by atoms with Gasteiger partial charge in [-0.05, 0) is 25.2 Å². The van der Waals surface area contributed by atoms with Crippen molar-refractivity contribution in [3.05, 3.63) is 0 Å². The molecule has 0 spiro atoms. The summed E-state index contributed by atoms with van der Waals surface area (Å²) in [5.41, 5.74) is 5.99. The van der Waals surface area contributed by atoms with Crippen molar-refractivity contribution in [3.63, 3.8) is 0 Å². The molecule has 0 aromatic rings. The van der Waals surface area contributed by atoms with Gasteiger partial charge in [0.2, 0.25) is 0 Å². The number of nitrogens with zero attached hydrogens (tertiary/aromatic N) is 2. The molecular formula is C16H33N3. The summed E-state index contributed by atoms with van der Waals surface area (Å²) in [7, 11) is 0. The van der Waals surface area contributed by atoms with Crippen molar-refractivity contribution in [1.29, 1.82) is 0 Å². The Morgan fingerprint density at radius 3 is 2.37 bits per heavy atom. The van der Waals surface area contributed by atoms with E-state index in [9.17, 15) is 0 Å². The summed E-state index contributed by atoms with van der Waals surface area (Å²) in [4.78, 5) is 5.31. The third-order valence-corrected chi connectivity index (χ3v) is 4.80. The Hall–Kier alpha value is -0.120. The van der Waals surface area contributed by atoms with Crippen LogP contribution in [0.4, 0.5) is 0 Å². The monoisotopic (exact) mass is 267 g/mol. The number of unbranched alkanes of at least 4 members (excludes halogenated alkanes) is 3. The van der Waals surface area contributed by atoms with E-state index in [4.69, 9.17) is 5.73 Å². The molecule has 1 atom stereocenters. The maximum absolute atomic E-state index is 5.99. The highest BCUT2D eigenvalue weighted by molar-refractivity contribution is 4.83. The van der Waals surface area contributed by atoms with Crippen molar-refractivity contribution in [3.8, 4) is 0 Å². The van der Waals surface area contributed by atoms with Gasteiger partial charge in [0.15, 0.2) is 0 Å². The first-order valence-corrected chi connectivity index (χ1v) is 8.50. The van der Waals surface area contributed by atoms with E-state index in [-0.39, 0.29) is 0 Å². The van der Waals surface area contributed by atoms with E-state index in [2.05, 4.69) is 16.7 Å². The number of nitrogens with two attached hydrogens (primary N) is 1.